The highest BCUT2D eigenvalue weighted by Crippen LogP contribution is 2.32. The second-order valence-corrected chi connectivity index (χ2v) is 6.20. The molecule has 2 N–H and O–H groups in total. The molecule has 0 amide bonds. The van der Waals surface area contributed by atoms with E-state index in [2.05, 4.69) is 59.2 Å². The monoisotopic (exact) mass is 280 g/mol. The minimum atomic E-state index is 0.0686. The minimum Gasteiger partial charge on any atom is -0.373 e. The summed E-state index contributed by atoms with van der Waals surface area (Å²) in [6.07, 6.45) is 0. The number of pyridine rings is 1. The van der Waals surface area contributed by atoms with Crippen LogP contribution in [0.15, 0.2) is 36.4 Å². The van der Waals surface area contributed by atoms with Gasteiger partial charge in [-0.05, 0) is 23.1 Å². The summed E-state index contributed by atoms with van der Waals surface area (Å²) < 4.78 is 0. The molecule has 0 saturated heterocycles. The van der Waals surface area contributed by atoms with Crippen molar-refractivity contribution >= 4 is 17.0 Å². The molecule has 0 unspecified atom stereocenters. The fraction of sp³-hybridized carbons (Fsp3) is 0.294. The van der Waals surface area contributed by atoms with E-state index in [1.807, 2.05) is 25.2 Å². The van der Waals surface area contributed by atoms with E-state index in [0.29, 0.717) is 0 Å². The van der Waals surface area contributed by atoms with Gasteiger partial charge < -0.3 is 10.3 Å². The van der Waals surface area contributed by atoms with E-state index in [-0.39, 0.29) is 5.41 Å². The Labute approximate surface area is 124 Å². The van der Waals surface area contributed by atoms with E-state index in [4.69, 9.17) is 0 Å². The van der Waals surface area contributed by atoms with Crippen molar-refractivity contribution in [3.05, 3.63) is 42.0 Å². The normalized spacial score (nSPS) is 11.8. The van der Waals surface area contributed by atoms with Gasteiger partial charge in [-0.15, -0.1) is 0 Å². The van der Waals surface area contributed by atoms with Gasteiger partial charge in [-0.25, -0.2) is 9.97 Å². The number of anilines is 1. The molecule has 0 saturated carbocycles. The first-order valence-corrected chi connectivity index (χ1v) is 7.13. The molecule has 2 aromatic heterocycles. The van der Waals surface area contributed by atoms with Crippen molar-refractivity contribution in [2.75, 3.05) is 12.4 Å². The molecule has 4 nitrogen and oxygen atoms in total. The van der Waals surface area contributed by atoms with Crippen LogP contribution in [0.1, 0.15) is 26.3 Å². The number of aromatic amines is 1. The summed E-state index contributed by atoms with van der Waals surface area (Å²) in [6.45, 7) is 6.64. The molecule has 0 fully saturated rings. The Balaban J connectivity index is 2.17. The van der Waals surface area contributed by atoms with Gasteiger partial charge in [0.25, 0.3) is 0 Å². The average molecular weight is 280 g/mol. The Hall–Kier alpha value is -2.36. The van der Waals surface area contributed by atoms with E-state index < -0.39 is 0 Å². The maximum Gasteiger partial charge on any atom is 0.180 e. The van der Waals surface area contributed by atoms with Gasteiger partial charge in [0.05, 0.1) is 5.52 Å². The van der Waals surface area contributed by atoms with Crippen LogP contribution < -0.4 is 5.32 Å². The van der Waals surface area contributed by atoms with Crippen LogP contribution in [0.5, 0.6) is 0 Å². The number of hydrogen-bond acceptors (Lipinski definition) is 3. The summed E-state index contributed by atoms with van der Waals surface area (Å²) in [4.78, 5) is 12.5. The van der Waals surface area contributed by atoms with Crippen molar-refractivity contribution in [3.63, 3.8) is 0 Å². The number of fused-ring (bicyclic) bond motifs is 1. The van der Waals surface area contributed by atoms with Gasteiger partial charge in [0, 0.05) is 12.6 Å². The highest BCUT2D eigenvalue weighted by Gasteiger charge is 2.20. The standard InChI is InChI=1S/C17H20N4/c1-17(2,3)12-8-6-5-7-11(12)15-19-13-9-10-14(18-4)20-16(13)21-15/h5-10H,1-4H3,(H2,18,19,20,21). The molecule has 4 heteroatoms. The summed E-state index contributed by atoms with van der Waals surface area (Å²) in [6, 6.07) is 12.3. The first-order valence-electron chi connectivity index (χ1n) is 7.13. The van der Waals surface area contributed by atoms with Crippen LogP contribution in [0.2, 0.25) is 0 Å². The number of H-pyrrole nitrogens is 1. The predicted octanol–water partition coefficient (Wildman–Crippen LogP) is 3.96. The SMILES string of the molecule is CNc1ccc2[nH]c(-c3ccccc3C(C)(C)C)nc2n1. The molecule has 3 rings (SSSR count). The molecule has 0 radical (unpaired) electrons. The summed E-state index contributed by atoms with van der Waals surface area (Å²) in [5.74, 6) is 1.70. The van der Waals surface area contributed by atoms with Gasteiger partial charge in [0.1, 0.15) is 11.6 Å². The van der Waals surface area contributed by atoms with Crippen LogP contribution in [-0.2, 0) is 5.41 Å². The molecule has 0 aliphatic rings. The lowest BCUT2D eigenvalue weighted by Gasteiger charge is -2.21. The van der Waals surface area contributed by atoms with Crippen LogP contribution in [0.3, 0.4) is 0 Å². The molecule has 0 aliphatic carbocycles. The van der Waals surface area contributed by atoms with E-state index in [0.717, 1.165) is 28.4 Å². The number of imidazole rings is 1. The third-order valence-electron chi connectivity index (χ3n) is 3.59. The fourth-order valence-electron chi connectivity index (χ4n) is 2.50. The number of aromatic nitrogens is 3. The number of rotatable bonds is 2. The lowest BCUT2D eigenvalue weighted by atomic mass is 9.83. The number of hydrogen-bond donors (Lipinski definition) is 2. The second-order valence-electron chi connectivity index (χ2n) is 6.20. The summed E-state index contributed by atoms with van der Waals surface area (Å²) in [7, 11) is 1.86. The van der Waals surface area contributed by atoms with Gasteiger partial charge in [-0.3, -0.25) is 0 Å². The molecule has 108 valence electrons. The molecule has 0 spiro atoms. The minimum absolute atomic E-state index is 0.0686. The van der Waals surface area contributed by atoms with E-state index in [9.17, 15) is 0 Å². The maximum absolute atomic E-state index is 4.66. The molecule has 0 aliphatic heterocycles. The molecule has 21 heavy (non-hydrogen) atoms. The third kappa shape index (κ3) is 2.49. The van der Waals surface area contributed by atoms with Crippen molar-refractivity contribution in [1.82, 2.24) is 15.0 Å². The highest BCUT2D eigenvalue weighted by atomic mass is 15.0. The molecular formula is C17H20N4. The lowest BCUT2D eigenvalue weighted by molar-refractivity contribution is 0.591. The summed E-state index contributed by atoms with van der Waals surface area (Å²) >= 11 is 0. The van der Waals surface area contributed by atoms with Gasteiger partial charge in [0.2, 0.25) is 0 Å². The Bertz CT molecular complexity index is 781. The van der Waals surface area contributed by atoms with Crippen LogP contribution in [0.4, 0.5) is 5.82 Å². The molecule has 0 atom stereocenters. The Morgan fingerprint density at radius 3 is 2.48 bits per heavy atom. The van der Waals surface area contributed by atoms with Gasteiger partial charge in [0.15, 0.2) is 5.65 Å². The number of nitrogens with one attached hydrogen (secondary N) is 2. The van der Waals surface area contributed by atoms with E-state index in [1.54, 1.807) is 0 Å². The van der Waals surface area contributed by atoms with Gasteiger partial charge >= 0.3 is 0 Å². The van der Waals surface area contributed by atoms with Crippen LogP contribution in [-0.4, -0.2) is 22.0 Å². The largest absolute Gasteiger partial charge is 0.373 e. The highest BCUT2D eigenvalue weighted by molar-refractivity contribution is 5.78. The Morgan fingerprint density at radius 2 is 1.76 bits per heavy atom. The summed E-state index contributed by atoms with van der Waals surface area (Å²) in [5, 5.41) is 3.04. The van der Waals surface area contributed by atoms with Crippen LogP contribution >= 0.6 is 0 Å². The quantitative estimate of drug-likeness (QED) is 0.747. The number of benzene rings is 1. The molecule has 2 heterocycles. The van der Waals surface area contributed by atoms with Crippen molar-refractivity contribution < 1.29 is 0 Å². The molecule has 0 bridgehead atoms. The average Bonchev–Trinajstić information content (AvgIpc) is 2.89. The zero-order chi connectivity index (χ0) is 15.0. The first kappa shape index (κ1) is 13.6. The maximum atomic E-state index is 4.66. The van der Waals surface area contributed by atoms with Crippen molar-refractivity contribution in [1.29, 1.82) is 0 Å². The van der Waals surface area contributed by atoms with Crippen LogP contribution in [0.25, 0.3) is 22.6 Å². The molecule has 1 aromatic carbocycles. The fourth-order valence-corrected chi connectivity index (χ4v) is 2.50. The first-order chi connectivity index (χ1) is 9.99. The van der Waals surface area contributed by atoms with Crippen molar-refractivity contribution in [3.8, 4) is 11.4 Å². The van der Waals surface area contributed by atoms with E-state index >= 15 is 0 Å². The van der Waals surface area contributed by atoms with Gasteiger partial charge in [-0.1, -0.05) is 45.0 Å². The topological polar surface area (TPSA) is 53.6 Å². The van der Waals surface area contributed by atoms with Crippen molar-refractivity contribution in [2.45, 2.75) is 26.2 Å². The van der Waals surface area contributed by atoms with Crippen molar-refractivity contribution in [2.24, 2.45) is 0 Å². The lowest BCUT2D eigenvalue weighted by Crippen LogP contribution is -2.12. The zero-order valence-electron chi connectivity index (χ0n) is 12.9. The molecular weight excluding hydrogens is 260 g/mol. The zero-order valence-corrected chi connectivity index (χ0v) is 12.9. The summed E-state index contributed by atoms with van der Waals surface area (Å²) in [5.41, 5.74) is 4.17. The third-order valence-corrected chi connectivity index (χ3v) is 3.59. The van der Waals surface area contributed by atoms with E-state index in [1.165, 1.54) is 5.56 Å². The second kappa shape index (κ2) is 4.88. The van der Waals surface area contributed by atoms with Crippen LogP contribution in [0, 0.1) is 0 Å². The smallest absolute Gasteiger partial charge is 0.180 e. The molecule has 3 aromatic rings. The predicted molar refractivity (Wildman–Crippen MR) is 87.6 cm³/mol. The van der Waals surface area contributed by atoms with Gasteiger partial charge in [-0.2, -0.15) is 0 Å². The number of nitrogens with zero attached hydrogens (tertiary/aromatic N) is 2. The Morgan fingerprint density at radius 1 is 1.00 bits per heavy atom. The Kier molecular flexibility index (Phi) is 3.16.